The summed E-state index contributed by atoms with van der Waals surface area (Å²) >= 11 is 1.27. The summed E-state index contributed by atoms with van der Waals surface area (Å²) in [5.41, 5.74) is 3.02. The highest BCUT2D eigenvalue weighted by Gasteiger charge is 2.23. The van der Waals surface area contributed by atoms with E-state index in [0.29, 0.717) is 0 Å². The number of hydrogen-bond acceptors (Lipinski definition) is 3. The molecule has 0 unspecified atom stereocenters. The van der Waals surface area contributed by atoms with E-state index in [1.165, 1.54) is 11.8 Å². The van der Waals surface area contributed by atoms with Crippen molar-refractivity contribution in [2.45, 2.75) is 38.4 Å². The molecule has 4 nitrogen and oxygen atoms in total. The van der Waals surface area contributed by atoms with Crippen LogP contribution in [0.4, 0.5) is 0 Å². The van der Waals surface area contributed by atoms with Crippen LogP contribution in [0.2, 0.25) is 0 Å². The van der Waals surface area contributed by atoms with Gasteiger partial charge >= 0.3 is 5.97 Å². The van der Waals surface area contributed by atoms with Crippen LogP contribution >= 0.6 is 11.8 Å². The van der Waals surface area contributed by atoms with Gasteiger partial charge in [-0.15, -0.1) is 0 Å². The van der Waals surface area contributed by atoms with Crippen LogP contribution in [0.1, 0.15) is 26.3 Å². The van der Waals surface area contributed by atoms with Gasteiger partial charge in [0.2, 0.25) is 0 Å². The highest BCUT2D eigenvalue weighted by atomic mass is 32.2. The molecule has 0 spiro atoms. The van der Waals surface area contributed by atoms with Crippen molar-refractivity contribution >= 4 is 28.8 Å². The van der Waals surface area contributed by atoms with E-state index in [4.69, 9.17) is 5.11 Å². The van der Waals surface area contributed by atoms with Gasteiger partial charge in [0.05, 0.1) is 16.8 Å². The van der Waals surface area contributed by atoms with Crippen LogP contribution in [0, 0.1) is 6.92 Å². The van der Waals surface area contributed by atoms with Crippen LogP contribution < -0.4 is 0 Å². The molecule has 1 aromatic carbocycles. The number of aromatic nitrogens is 2. The normalized spacial score (nSPS) is 12.0. The maximum Gasteiger partial charge on any atom is 0.313 e. The molecule has 1 heterocycles. The van der Waals surface area contributed by atoms with Gasteiger partial charge < -0.3 is 9.67 Å². The van der Waals surface area contributed by atoms with E-state index in [0.717, 1.165) is 21.8 Å². The van der Waals surface area contributed by atoms with E-state index in [-0.39, 0.29) is 11.3 Å². The van der Waals surface area contributed by atoms with Crippen molar-refractivity contribution in [1.29, 1.82) is 0 Å². The van der Waals surface area contributed by atoms with Crippen LogP contribution in [-0.4, -0.2) is 26.4 Å². The summed E-state index contributed by atoms with van der Waals surface area (Å²) in [7, 11) is 0. The van der Waals surface area contributed by atoms with Crippen LogP contribution in [0.3, 0.4) is 0 Å². The number of para-hydroxylation sites is 1. The number of carbonyl (C=O) groups is 1. The molecular formula is C14H18N2O2S. The van der Waals surface area contributed by atoms with E-state index >= 15 is 0 Å². The third-order valence-corrected chi connectivity index (χ3v) is 3.77. The molecule has 2 rings (SSSR count). The highest BCUT2D eigenvalue weighted by molar-refractivity contribution is 7.99. The Hall–Kier alpha value is -1.49. The molecule has 0 aliphatic heterocycles. The highest BCUT2D eigenvalue weighted by Crippen LogP contribution is 2.32. The second-order valence-electron chi connectivity index (χ2n) is 5.53. The molecule has 0 amide bonds. The monoisotopic (exact) mass is 278 g/mol. The molecule has 102 valence electrons. The van der Waals surface area contributed by atoms with Crippen molar-refractivity contribution in [3.63, 3.8) is 0 Å². The number of hydrogen-bond donors (Lipinski definition) is 1. The fourth-order valence-electron chi connectivity index (χ4n) is 2.12. The lowest BCUT2D eigenvalue weighted by Crippen LogP contribution is -2.23. The summed E-state index contributed by atoms with van der Waals surface area (Å²) < 4.78 is 2.13. The lowest BCUT2D eigenvalue weighted by Gasteiger charge is -2.24. The molecule has 0 aliphatic rings. The maximum atomic E-state index is 10.8. The maximum absolute atomic E-state index is 10.8. The Morgan fingerprint density at radius 3 is 2.68 bits per heavy atom. The number of thioether (sulfide) groups is 1. The van der Waals surface area contributed by atoms with Crippen molar-refractivity contribution in [2.24, 2.45) is 0 Å². The molecule has 0 fully saturated rings. The van der Waals surface area contributed by atoms with Gasteiger partial charge in [-0.1, -0.05) is 23.9 Å². The molecule has 0 saturated carbocycles. The van der Waals surface area contributed by atoms with Crippen LogP contribution in [-0.2, 0) is 10.3 Å². The van der Waals surface area contributed by atoms with Crippen molar-refractivity contribution in [3.8, 4) is 0 Å². The summed E-state index contributed by atoms with van der Waals surface area (Å²) in [5, 5.41) is 9.60. The third kappa shape index (κ3) is 2.76. The first kappa shape index (κ1) is 13.9. The number of carboxylic acids is 1. The largest absolute Gasteiger partial charge is 0.481 e. The minimum absolute atomic E-state index is 0.0262. The third-order valence-electron chi connectivity index (χ3n) is 2.84. The predicted octanol–water partition coefficient (Wildman–Crippen LogP) is 3.28. The number of fused-ring (bicyclic) bond motifs is 1. The Kier molecular flexibility index (Phi) is 3.58. The Morgan fingerprint density at radius 2 is 2.11 bits per heavy atom. The van der Waals surface area contributed by atoms with Crippen molar-refractivity contribution in [3.05, 3.63) is 23.8 Å². The standard InChI is InChI=1S/C14H18N2O2S/c1-9-6-5-7-10-12(9)16(14(2,3)4)13(15-10)19-8-11(17)18/h5-7H,8H2,1-4H3,(H,17,18). The molecule has 0 radical (unpaired) electrons. The lowest BCUT2D eigenvalue weighted by molar-refractivity contribution is -0.133. The molecule has 0 saturated heterocycles. The van der Waals surface area contributed by atoms with E-state index < -0.39 is 5.97 Å². The minimum Gasteiger partial charge on any atom is -0.481 e. The Balaban J connectivity index is 2.63. The molecule has 1 aromatic heterocycles. The smallest absolute Gasteiger partial charge is 0.313 e. The summed E-state index contributed by atoms with van der Waals surface area (Å²) in [5.74, 6) is -0.799. The van der Waals surface area contributed by atoms with E-state index in [1.54, 1.807) is 0 Å². The van der Waals surface area contributed by atoms with Gasteiger partial charge in [0.15, 0.2) is 5.16 Å². The average Bonchev–Trinajstić information content (AvgIpc) is 2.65. The van der Waals surface area contributed by atoms with Crippen LogP contribution in [0.5, 0.6) is 0 Å². The second kappa shape index (κ2) is 4.89. The molecule has 0 bridgehead atoms. The number of imidazole rings is 1. The topological polar surface area (TPSA) is 55.1 Å². The van der Waals surface area contributed by atoms with Crippen molar-refractivity contribution in [2.75, 3.05) is 5.75 Å². The first-order valence-electron chi connectivity index (χ1n) is 6.14. The van der Waals surface area contributed by atoms with E-state index in [2.05, 4.69) is 43.3 Å². The second-order valence-corrected chi connectivity index (χ2v) is 6.47. The average molecular weight is 278 g/mol. The molecule has 2 aromatic rings. The summed E-state index contributed by atoms with van der Waals surface area (Å²) in [6.07, 6.45) is 0. The SMILES string of the molecule is Cc1cccc2nc(SCC(=O)O)n(C(C)(C)C)c12. The number of aryl methyl sites for hydroxylation is 1. The first-order chi connectivity index (χ1) is 8.80. The first-order valence-corrected chi connectivity index (χ1v) is 7.12. The van der Waals surface area contributed by atoms with Crippen LogP contribution in [0.25, 0.3) is 11.0 Å². The van der Waals surface area contributed by atoms with E-state index in [1.807, 2.05) is 12.1 Å². The fraction of sp³-hybridized carbons (Fsp3) is 0.429. The number of carboxylic acid groups (broad SMARTS) is 1. The lowest BCUT2D eigenvalue weighted by atomic mass is 10.1. The van der Waals surface area contributed by atoms with Gasteiger partial charge in [0.1, 0.15) is 0 Å². The molecule has 19 heavy (non-hydrogen) atoms. The Morgan fingerprint density at radius 1 is 1.42 bits per heavy atom. The molecule has 5 heteroatoms. The molecule has 1 N–H and O–H groups in total. The zero-order chi connectivity index (χ0) is 14.2. The summed E-state index contributed by atoms with van der Waals surface area (Å²) in [6, 6.07) is 6.00. The van der Waals surface area contributed by atoms with Gasteiger partial charge in [0, 0.05) is 5.54 Å². The van der Waals surface area contributed by atoms with E-state index in [9.17, 15) is 4.79 Å². The summed E-state index contributed by atoms with van der Waals surface area (Å²) in [4.78, 5) is 15.3. The molecule has 0 atom stereocenters. The minimum atomic E-state index is -0.825. The number of nitrogens with zero attached hydrogens (tertiary/aromatic N) is 2. The van der Waals surface area contributed by atoms with Gasteiger partial charge in [-0.05, 0) is 39.3 Å². The van der Waals surface area contributed by atoms with Crippen molar-refractivity contribution < 1.29 is 9.90 Å². The predicted molar refractivity (Wildman–Crippen MR) is 77.8 cm³/mol. The Labute approximate surface area is 116 Å². The summed E-state index contributed by atoms with van der Waals surface area (Å²) in [6.45, 7) is 8.36. The fourth-order valence-corrected chi connectivity index (χ4v) is 3.03. The quantitative estimate of drug-likeness (QED) is 0.875. The zero-order valence-electron chi connectivity index (χ0n) is 11.6. The number of aliphatic carboxylic acids is 1. The number of benzene rings is 1. The van der Waals surface area contributed by atoms with Gasteiger partial charge in [0.25, 0.3) is 0 Å². The van der Waals surface area contributed by atoms with Gasteiger partial charge in [-0.3, -0.25) is 4.79 Å². The number of rotatable bonds is 3. The van der Waals surface area contributed by atoms with Gasteiger partial charge in [-0.25, -0.2) is 4.98 Å². The van der Waals surface area contributed by atoms with Gasteiger partial charge in [-0.2, -0.15) is 0 Å². The van der Waals surface area contributed by atoms with Crippen molar-refractivity contribution in [1.82, 2.24) is 9.55 Å². The van der Waals surface area contributed by atoms with Crippen LogP contribution in [0.15, 0.2) is 23.4 Å². The zero-order valence-corrected chi connectivity index (χ0v) is 12.4. The molecular weight excluding hydrogens is 260 g/mol. The Bertz CT molecular complexity index is 626. The molecule has 0 aliphatic carbocycles.